The molecule has 0 unspecified atom stereocenters. The first kappa shape index (κ1) is 15.5. The lowest BCUT2D eigenvalue weighted by atomic mass is 10.00. The molecule has 0 saturated heterocycles. The van der Waals surface area contributed by atoms with Crippen LogP contribution in [0.25, 0.3) is 10.8 Å². The Morgan fingerprint density at radius 2 is 1.91 bits per heavy atom. The van der Waals surface area contributed by atoms with Gasteiger partial charge in [0.2, 0.25) is 0 Å². The number of unbranched alkanes of at least 4 members (excludes halogenated alkanes) is 1. The summed E-state index contributed by atoms with van der Waals surface area (Å²) < 4.78 is 5.18. The summed E-state index contributed by atoms with van der Waals surface area (Å²) in [4.78, 5) is 24.0. The Labute approximate surface area is 135 Å². The number of esters is 1. The van der Waals surface area contributed by atoms with Crippen LogP contribution in [-0.2, 0) is 22.4 Å². The normalized spacial score (nSPS) is 12.4. The highest BCUT2D eigenvalue weighted by molar-refractivity contribution is 6.07. The Morgan fingerprint density at radius 1 is 1.13 bits per heavy atom. The first-order valence-electron chi connectivity index (χ1n) is 8.18. The van der Waals surface area contributed by atoms with Crippen molar-refractivity contribution in [3.05, 3.63) is 47.0 Å². The highest BCUT2D eigenvalue weighted by Crippen LogP contribution is 2.32. The lowest BCUT2D eigenvalue weighted by molar-refractivity contribution is -0.124. The molecule has 1 N–H and O–H groups in total. The molecule has 0 radical (unpaired) electrons. The molecule has 1 aliphatic carbocycles. The largest absolute Gasteiger partial charge is 0.452 e. The quantitative estimate of drug-likeness (QED) is 0.659. The summed E-state index contributed by atoms with van der Waals surface area (Å²) in [5.74, 6) is -0.691. The molecule has 0 atom stereocenters. The van der Waals surface area contributed by atoms with E-state index in [2.05, 4.69) is 18.3 Å². The fourth-order valence-electron chi connectivity index (χ4n) is 3.09. The van der Waals surface area contributed by atoms with Gasteiger partial charge in [-0.2, -0.15) is 0 Å². The number of ether oxygens (including phenoxy) is 1. The van der Waals surface area contributed by atoms with Gasteiger partial charge in [-0.3, -0.25) is 4.79 Å². The smallest absolute Gasteiger partial charge is 0.339 e. The second-order valence-electron chi connectivity index (χ2n) is 5.89. The molecule has 0 bridgehead atoms. The molecule has 1 aliphatic rings. The van der Waals surface area contributed by atoms with Crippen LogP contribution in [0.2, 0.25) is 0 Å². The molecule has 120 valence electrons. The van der Waals surface area contributed by atoms with Crippen molar-refractivity contribution in [2.24, 2.45) is 0 Å². The predicted octanol–water partition coefficient (Wildman–Crippen LogP) is 3.01. The lowest BCUT2D eigenvalue weighted by Crippen LogP contribution is -2.29. The van der Waals surface area contributed by atoms with E-state index in [0.29, 0.717) is 12.1 Å². The maximum absolute atomic E-state index is 12.3. The molecule has 2 aromatic rings. The third kappa shape index (κ3) is 3.21. The van der Waals surface area contributed by atoms with Crippen molar-refractivity contribution in [2.45, 2.75) is 32.6 Å². The molecule has 1 amide bonds. The van der Waals surface area contributed by atoms with Gasteiger partial charge in [-0.25, -0.2) is 4.79 Å². The molecule has 4 nitrogen and oxygen atoms in total. The molecule has 0 saturated carbocycles. The molecule has 23 heavy (non-hydrogen) atoms. The minimum Gasteiger partial charge on any atom is -0.452 e. The Bertz CT molecular complexity index is 741. The van der Waals surface area contributed by atoms with Crippen molar-refractivity contribution in [2.75, 3.05) is 13.2 Å². The van der Waals surface area contributed by atoms with E-state index in [1.807, 2.05) is 24.3 Å². The Kier molecular flexibility index (Phi) is 4.60. The van der Waals surface area contributed by atoms with Gasteiger partial charge in [-0.15, -0.1) is 0 Å². The maximum Gasteiger partial charge on any atom is 0.339 e. The average molecular weight is 311 g/mol. The van der Waals surface area contributed by atoms with Crippen LogP contribution in [0.5, 0.6) is 0 Å². The standard InChI is InChI=1S/C19H21NO3/c1-2-3-11-20-17(21)12-23-19(22)16-10-9-14-8-7-13-5-4-6-15(16)18(13)14/h4-6,9-10H,2-3,7-8,11-12H2,1H3,(H,20,21). The number of hydrogen-bond acceptors (Lipinski definition) is 3. The second kappa shape index (κ2) is 6.82. The number of rotatable bonds is 6. The van der Waals surface area contributed by atoms with Gasteiger partial charge in [0.05, 0.1) is 5.56 Å². The number of carbonyl (C=O) groups is 2. The van der Waals surface area contributed by atoms with E-state index in [9.17, 15) is 9.59 Å². The van der Waals surface area contributed by atoms with E-state index in [1.54, 1.807) is 0 Å². The minimum atomic E-state index is -0.439. The minimum absolute atomic E-state index is 0.231. The highest BCUT2D eigenvalue weighted by Gasteiger charge is 2.19. The maximum atomic E-state index is 12.3. The van der Waals surface area contributed by atoms with Gasteiger partial charge < -0.3 is 10.1 Å². The molecule has 3 rings (SSSR count). The number of hydrogen-bond donors (Lipinski definition) is 1. The first-order chi connectivity index (χ1) is 11.2. The van der Waals surface area contributed by atoms with Gasteiger partial charge >= 0.3 is 5.97 Å². The van der Waals surface area contributed by atoms with E-state index in [1.165, 1.54) is 16.5 Å². The fraction of sp³-hybridized carbons (Fsp3) is 0.368. The second-order valence-corrected chi connectivity index (χ2v) is 5.89. The zero-order chi connectivity index (χ0) is 16.2. The van der Waals surface area contributed by atoms with Crippen LogP contribution in [0.15, 0.2) is 30.3 Å². The number of carbonyl (C=O) groups excluding carboxylic acids is 2. The monoisotopic (exact) mass is 311 g/mol. The van der Waals surface area contributed by atoms with Gasteiger partial charge in [-0.1, -0.05) is 37.6 Å². The molecule has 2 aromatic carbocycles. The van der Waals surface area contributed by atoms with Crippen LogP contribution in [0.3, 0.4) is 0 Å². The van der Waals surface area contributed by atoms with Crippen LogP contribution in [0, 0.1) is 0 Å². The van der Waals surface area contributed by atoms with Crippen LogP contribution in [0.1, 0.15) is 41.3 Å². The van der Waals surface area contributed by atoms with Gasteiger partial charge in [0.1, 0.15) is 0 Å². The van der Waals surface area contributed by atoms with Gasteiger partial charge in [0.15, 0.2) is 6.61 Å². The zero-order valence-electron chi connectivity index (χ0n) is 13.4. The van der Waals surface area contributed by atoms with Crippen LogP contribution in [-0.4, -0.2) is 25.0 Å². The SMILES string of the molecule is CCCCNC(=O)COC(=O)c1ccc2c3c(cccc13)CC2. The summed E-state index contributed by atoms with van der Waals surface area (Å²) in [6, 6.07) is 9.84. The lowest BCUT2D eigenvalue weighted by Gasteiger charge is -2.09. The van der Waals surface area contributed by atoms with Crippen molar-refractivity contribution >= 4 is 22.6 Å². The molecule has 0 heterocycles. The van der Waals surface area contributed by atoms with Crippen LogP contribution < -0.4 is 5.32 Å². The summed E-state index contributed by atoms with van der Waals surface area (Å²) >= 11 is 0. The Morgan fingerprint density at radius 3 is 2.70 bits per heavy atom. The average Bonchev–Trinajstić information content (AvgIpc) is 2.98. The van der Waals surface area contributed by atoms with Crippen LogP contribution >= 0.6 is 0 Å². The molecule has 0 fully saturated rings. The van der Waals surface area contributed by atoms with Crippen molar-refractivity contribution < 1.29 is 14.3 Å². The summed E-state index contributed by atoms with van der Waals surface area (Å²) in [5.41, 5.74) is 3.10. The van der Waals surface area contributed by atoms with Crippen molar-refractivity contribution in [3.63, 3.8) is 0 Å². The molecule has 0 spiro atoms. The van der Waals surface area contributed by atoms with E-state index in [4.69, 9.17) is 4.74 Å². The summed E-state index contributed by atoms with van der Waals surface area (Å²) in [5, 5.41) is 4.84. The summed E-state index contributed by atoms with van der Waals surface area (Å²) in [6.45, 7) is 2.45. The number of nitrogens with one attached hydrogen (secondary N) is 1. The first-order valence-corrected chi connectivity index (χ1v) is 8.18. The van der Waals surface area contributed by atoms with Crippen molar-refractivity contribution in [1.82, 2.24) is 5.32 Å². The summed E-state index contributed by atoms with van der Waals surface area (Å²) in [7, 11) is 0. The molecule has 0 aliphatic heterocycles. The van der Waals surface area contributed by atoms with Crippen molar-refractivity contribution in [1.29, 1.82) is 0 Å². The summed E-state index contributed by atoms with van der Waals surface area (Å²) in [6.07, 6.45) is 3.98. The molecule has 4 heteroatoms. The highest BCUT2D eigenvalue weighted by atomic mass is 16.5. The topological polar surface area (TPSA) is 55.4 Å². The molecular weight excluding hydrogens is 290 g/mol. The predicted molar refractivity (Wildman–Crippen MR) is 89.6 cm³/mol. The van der Waals surface area contributed by atoms with Gasteiger partial charge in [0, 0.05) is 6.54 Å². The molecule has 0 aromatic heterocycles. The van der Waals surface area contributed by atoms with E-state index in [0.717, 1.165) is 31.1 Å². The van der Waals surface area contributed by atoms with Crippen LogP contribution in [0.4, 0.5) is 0 Å². The van der Waals surface area contributed by atoms with E-state index in [-0.39, 0.29) is 12.5 Å². The third-order valence-electron chi connectivity index (χ3n) is 4.28. The third-order valence-corrected chi connectivity index (χ3v) is 4.28. The van der Waals surface area contributed by atoms with E-state index >= 15 is 0 Å². The molecular formula is C19H21NO3. The Hall–Kier alpha value is -2.36. The van der Waals surface area contributed by atoms with Crippen molar-refractivity contribution in [3.8, 4) is 0 Å². The number of aryl methyl sites for hydroxylation is 2. The Balaban J connectivity index is 1.71. The van der Waals surface area contributed by atoms with Gasteiger partial charge in [-0.05, 0) is 47.2 Å². The fourth-order valence-corrected chi connectivity index (χ4v) is 3.09. The zero-order valence-corrected chi connectivity index (χ0v) is 13.4. The number of amides is 1. The number of benzene rings is 2. The van der Waals surface area contributed by atoms with Gasteiger partial charge in [0.25, 0.3) is 5.91 Å². The van der Waals surface area contributed by atoms with E-state index < -0.39 is 5.97 Å².